The second-order valence-electron chi connectivity index (χ2n) is 4.78. The quantitative estimate of drug-likeness (QED) is 0.382. The van der Waals surface area contributed by atoms with E-state index in [4.69, 9.17) is 10.5 Å². The molecule has 0 radical (unpaired) electrons. The highest BCUT2D eigenvalue weighted by molar-refractivity contribution is 5.95. The van der Waals surface area contributed by atoms with Crippen LogP contribution in [-0.4, -0.2) is 34.5 Å². The Bertz CT molecular complexity index is 713. The van der Waals surface area contributed by atoms with Gasteiger partial charge in [0.2, 0.25) is 0 Å². The van der Waals surface area contributed by atoms with Gasteiger partial charge in [-0.3, -0.25) is 4.79 Å². The maximum Gasteiger partial charge on any atom is 0.333 e. The molecule has 4 N–H and O–H groups in total. The van der Waals surface area contributed by atoms with Gasteiger partial charge in [-0.05, 0) is 12.5 Å². The number of benzene rings is 1. The van der Waals surface area contributed by atoms with Crippen molar-refractivity contribution in [1.82, 2.24) is 9.97 Å². The number of carbonyl (C=O) groups is 2. The summed E-state index contributed by atoms with van der Waals surface area (Å²) in [6.07, 6.45) is 1.64. The average Bonchev–Trinajstić information content (AvgIpc) is 3.04. The van der Waals surface area contributed by atoms with Crippen molar-refractivity contribution in [3.05, 3.63) is 47.9 Å². The number of rotatable bonds is 8. The number of amides is 1. The molecule has 1 amide bonds. The topological polar surface area (TPSA) is 135 Å². The van der Waals surface area contributed by atoms with Crippen molar-refractivity contribution < 1.29 is 14.3 Å². The Morgan fingerprint density at radius 1 is 1.38 bits per heavy atom. The molecule has 0 aliphatic heterocycles. The zero-order chi connectivity index (χ0) is 17.4. The lowest BCUT2D eigenvalue weighted by atomic mass is 10.1. The van der Waals surface area contributed by atoms with E-state index in [-0.39, 0.29) is 18.1 Å². The van der Waals surface area contributed by atoms with E-state index in [0.29, 0.717) is 6.42 Å². The molecule has 126 valence electrons. The van der Waals surface area contributed by atoms with Crippen LogP contribution in [-0.2, 0) is 16.0 Å². The lowest BCUT2D eigenvalue weighted by Crippen LogP contribution is -2.24. The number of nitrogens with one attached hydrogen (secondary N) is 2. The van der Waals surface area contributed by atoms with Crippen LogP contribution in [0.5, 0.6) is 0 Å². The number of esters is 1. The summed E-state index contributed by atoms with van der Waals surface area (Å²) in [5.74, 6) is -1.03. The van der Waals surface area contributed by atoms with Gasteiger partial charge in [-0.15, -0.1) is 0 Å². The van der Waals surface area contributed by atoms with Crippen molar-refractivity contribution in [1.29, 1.82) is 0 Å². The summed E-state index contributed by atoms with van der Waals surface area (Å²) in [5.41, 5.74) is 8.68. The van der Waals surface area contributed by atoms with Crippen molar-refractivity contribution in [2.75, 3.05) is 12.0 Å². The van der Waals surface area contributed by atoms with Crippen LogP contribution in [0.15, 0.2) is 47.0 Å². The van der Waals surface area contributed by atoms with E-state index in [2.05, 4.69) is 25.7 Å². The summed E-state index contributed by atoms with van der Waals surface area (Å²) in [6.45, 7) is 1.97. The molecule has 2 rings (SSSR count). The van der Waals surface area contributed by atoms with Crippen molar-refractivity contribution in [3.8, 4) is 0 Å². The van der Waals surface area contributed by atoms with Gasteiger partial charge in [-0.1, -0.05) is 35.6 Å². The number of primary amides is 1. The van der Waals surface area contributed by atoms with E-state index >= 15 is 0 Å². The van der Waals surface area contributed by atoms with Gasteiger partial charge in [0.25, 0.3) is 5.91 Å². The van der Waals surface area contributed by atoms with E-state index in [1.807, 2.05) is 30.3 Å². The van der Waals surface area contributed by atoms with E-state index in [1.54, 1.807) is 6.92 Å². The van der Waals surface area contributed by atoms with Gasteiger partial charge < -0.3 is 15.5 Å². The third-order valence-electron chi connectivity index (χ3n) is 3.07. The Balaban J connectivity index is 2.08. The highest BCUT2D eigenvalue weighted by Gasteiger charge is 2.20. The summed E-state index contributed by atoms with van der Waals surface area (Å²) in [6, 6.07) is 8.58. The molecule has 2 aromatic rings. The number of nitrogens with zero attached hydrogens (tertiary/aromatic N) is 3. The van der Waals surface area contributed by atoms with Gasteiger partial charge in [0.1, 0.15) is 5.69 Å². The molecule has 0 aliphatic rings. The van der Waals surface area contributed by atoms with Crippen molar-refractivity contribution in [2.45, 2.75) is 19.4 Å². The molecule has 9 heteroatoms. The number of carbonyl (C=O) groups excluding carboxylic acids is 2. The first-order valence-corrected chi connectivity index (χ1v) is 7.31. The van der Waals surface area contributed by atoms with E-state index in [9.17, 15) is 9.59 Å². The zero-order valence-electron chi connectivity index (χ0n) is 13.1. The molecule has 0 saturated carbocycles. The summed E-state index contributed by atoms with van der Waals surface area (Å²) in [7, 11) is 0. The number of hydrogen-bond donors (Lipinski definition) is 3. The highest BCUT2D eigenvalue weighted by Crippen LogP contribution is 2.11. The lowest BCUT2D eigenvalue weighted by molar-refractivity contribution is -0.144. The Morgan fingerprint density at radius 3 is 2.79 bits per heavy atom. The second-order valence-corrected chi connectivity index (χ2v) is 4.78. The van der Waals surface area contributed by atoms with Gasteiger partial charge in [-0.2, -0.15) is 5.11 Å². The fourth-order valence-electron chi connectivity index (χ4n) is 1.96. The molecule has 0 saturated heterocycles. The Labute approximate surface area is 138 Å². The minimum absolute atomic E-state index is 0.0738. The van der Waals surface area contributed by atoms with Crippen LogP contribution in [0.25, 0.3) is 0 Å². The standard InChI is InChI=1S/C15H18N6O3/c1-2-24-15(23)11(8-10-6-4-3-5-7-10)19-21-20-14-12(13(16)22)17-9-18-14/h3-7,9,11H,2,8H2,1H3,(H2,16,22)(H,17,18)(H,19,20). The van der Waals surface area contributed by atoms with Gasteiger partial charge >= 0.3 is 5.97 Å². The smallest absolute Gasteiger partial charge is 0.333 e. The first-order valence-electron chi connectivity index (χ1n) is 7.31. The number of anilines is 1. The molecule has 1 aromatic heterocycles. The first kappa shape index (κ1) is 17.1. The Hall–Kier alpha value is -3.23. The largest absolute Gasteiger partial charge is 0.464 e. The van der Waals surface area contributed by atoms with Crippen LogP contribution in [0.1, 0.15) is 23.0 Å². The third-order valence-corrected chi connectivity index (χ3v) is 3.07. The minimum atomic E-state index is -0.809. The number of nitrogens with two attached hydrogens (primary N) is 1. The monoisotopic (exact) mass is 330 g/mol. The summed E-state index contributed by atoms with van der Waals surface area (Å²) < 4.78 is 5.01. The second kappa shape index (κ2) is 8.42. The van der Waals surface area contributed by atoms with Crippen molar-refractivity contribution >= 4 is 17.7 Å². The van der Waals surface area contributed by atoms with Crippen LogP contribution in [0.4, 0.5) is 5.82 Å². The molecule has 24 heavy (non-hydrogen) atoms. The van der Waals surface area contributed by atoms with Gasteiger partial charge in [0, 0.05) is 6.42 Å². The molecule has 1 aromatic carbocycles. The molecular formula is C15H18N6O3. The van der Waals surface area contributed by atoms with Gasteiger partial charge in [-0.25, -0.2) is 15.2 Å². The van der Waals surface area contributed by atoms with E-state index in [0.717, 1.165) is 5.56 Å². The summed E-state index contributed by atoms with van der Waals surface area (Å²) >= 11 is 0. The molecule has 0 fully saturated rings. The average molecular weight is 330 g/mol. The fourth-order valence-corrected chi connectivity index (χ4v) is 1.96. The Kier molecular flexibility index (Phi) is 6.01. The summed E-state index contributed by atoms with van der Waals surface area (Å²) in [4.78, 5) is 29.6. The van der Waals surface area contributed by atoms with Crippen LogP contribution >= 0.6 is 0 Å². The number of imidazole rings is 1. The van der Waals surface area contributed by atoms with Gasteiger partial charge in [0.05, 0.1) is 12.9 Å². The zero-order valence-corrected chi connectivity index (χ0v) is 13.1. The predicted octanol–water partition coefficient (Wildman–Crippen LogP) is 1.46. The minimum Gasteiger partial charge on any atom is -0.464 e. The molecule has 0 aliphatic carbocycles. The SMILES string of the molecule is CCOC(=O)C(Cc1ccccc1)N=NNc1nc[nH]c1C(N)=O. The van der Waals surface area contributed by atoms with Crippen molar-refractivity contribution in [2.24, 2.45) is 16.1 Å². The molecule has 1 unspecified atom stereocenters. The van der Waals surface area contributed by atoms with Gasteiger partial charge in [0.15, 0.2) is 11.9 Å². The summed E-state index contributed by atoms with van der Waals surface area (Å²) in [5, 5.41) is 7.69. The number of hydrogen-bond acceptors (Lipinski definition) is 6. The number of aromatic amines is 1. The van der Waals surface area contributed by atoms with Crippen molar-refractivity contribution in [3.63, 3.8) is 0 Å². The maximum absolute atomic E-state index is 12.0. The maximum atomic E-state index is 12.0. The first-order chi connectivity index (χ1) is 11.6. The predicted molar refractivity (Wildman–Crippen MR) is 86.2 cm³/mol. The van der Waals surface area contributed by atoms with Crippen LogP contribution < -0.4 is 11.2 Å². The number of ether oxygens (including phenoxy) is 1. The third kappa shape index (κ3) is 4.63. The number of aromatic nitrogens is 2. The van der Waals surface area contributed by atoms with Crippen LogP contribution in [0.2, 0.25) is 0 Å². The van der Waals surface area contributed by atoms with E-state index in [1.165, 1.54) is 6.33 Å². The van der Waals surface area contributed by atoms with Crippen LogP contribution in [0, 0.1) is 0 Å². The molecule has 1 atom stereocenters. The molecule has 0 spiro atoms. The molecular weight excluding hydrogens is 312 g/mol. The van der Waals surface area contributed by atoms with Crippen LogP contribution in [0.3, 0.4) is 0 Å². The molecule has 9 nitrogen and oxygen atoms in total. The fraction of sp³-hybridized carbons (Fsp3) is 0.267. The Morgan fingerprint density at radius 2 is 2.12 bits per heavy atom. The number of H-pyrrole nitrogens is 1. The normalized spacial score (nSPS) is 12.0. The highest BCUT2D eigenvalue weighted by atomic mass is 16.5. The molecule has 1 heterocycles. The lowest BCUT2D eigenvalue weighted by Gasteiger charge is -2.10. The van der Waals surface area contributed by atoms with E-state index < -0.39 is 17.9 Å². The molecule has 0 bridgehead atoms.